The van der Waals surface area contributed by atoms with Crippen LogP contribution < -0.4 is 10.5 Å². The van der Waals surface area contributed by atoms with Crippen molar-refractivity contribution in [3.8, 4) is 0 Å². The van der Waals surface area contributed by atoms with Gasteiger partial charge in [-0.05, 0) is 69.0 Å². The zero-order valence-corrected chi connectivity index (χ0v) is 16.7. The average Bonchev–Trinajstić information content (AvgIpc) is 2.54. The number of sulfonamides is 1. The molecule has 1 aromatic carbocycles. The van der Waals surface area contributed by atoms with Gasteiger partial charge in [-0.25, -0.2) is 13.6 Å². The minimum Gasteiger partial charge on any atom is -0.339 e. The number of amides is 1. The van der Waals surface area contributed by atoms with E-state index in [2.05, 4.69) is 12.2 Å². The van der Waals surface area contributed by atoms with Crippen molar-refractivity contribution in [3.63, 3.8) is 0 Å². The summed E-state index contributed by atoms with van der Waals surface area (Å²) >= 11 is 0. The lowest BCUT2D eigenvalue weighted by molar-refractivity contribution is 0.0690. The van der Waals surface area contributed by atoms with Gasteiger partial charge >= 0.3 is 0 Å². The average molecular weight is 390 g/mol. The Morgan fingerprint density at radius 3 is 2.40 bits per heavy atom. The van der Waals surface area contributed by atoms with Crippen LogP contribution in [-0.2, 0) is 10.0 Å². The van der Waals surface area contributed by atoms with Crippen molar-refractivity contribution in [2.45, 2.75) is 38.5 Å². The minimum atomic E-state index is -3.84. The molecule has 0 spiro atoms. The van der Waals surface area contributed by atoms with E-state index in [0.29, 0.717) is 30.1 Å². The van der Waals surface area contributed by atoms with E-state index in [0.717, 1.165) is 31.5 Å². The van der Waals surface area contributed by atoms with Crippen molar-refractivity contribution in [2.24, 2.45) is 11.1 Å². The van der Waals surface area contributed by atoms with Gasteiger partial charge in [0.25, 0.3) is 5.91 Å². The van der Waals surface area contributed by atoms with Crippen molar-refractivity contribution in [2.75, 3.05) is 26.2 Å². The van der Waals surface area contributed by atoms with Crippen molar-refractivity contribution < 1.29 is 13.2 Å². The molecule has 1 aliphatic rings. The molecule has 3 N–H and O–H groups in total. The molecule has 1 fully saturated rings. The second-order valence-corrected chi connectivity index (χ2v) is 8.03. The number of nitrogens with one attached hydrogen (secondary N) is 1. The summed E-state index contributed by atoms with van der Waals surface area (Å²) in [7, 11) is -3.84. The number of rotatable bonds is 5. The molecule has 0 aromatic heterocycles. The largest absolute Gasteiger partial charge is 0.339 e. The number of carbonyl (C=O) groups excluding carboxylic acids is 1. The first-order chi connectivity index (χ1) is 11.2. The van der Waals surface area contributed by atoms with E-state index in [1.165, 1.54) is 6.07 Å². The molecule has 1 saturated heterocycles. The Kier molecular flexibility index (Phi) is 7.87. The molecule has 2 rings (SSSR count). The quantitative estimate of drug-likeness (QED) is 0.803. The first kappa shape index (κ1) is 21.9. The molecule has 0 saturated carbocycles. The van der Waals surface area contributed by atoms with Crippen LogP contribution in [0.3, 0.4) is 0 Å². The first-order valence-electron chi connectivity index (χ1n) is 8.38. The third kappa shape index (κ3) is 5.41. The van der Waals surface area contributed by atoms with Gasteiger partial charge in [-0.3, -0.25) is 4.79 Å². The maximum Gasteiger partial charge on any atom is 0.253 e. The fourth-order valence-electron chi connectivity index (χ4n) is 3.12. The number of benzene rings is 1. The van der Waals surface area contributed by atoms with Gasteiger partial charge in [0.2, 0.25) is 10.0 Å². The lowest BCUT2D eigenvalue weighted by Gasteiger charge is -2.32. The third-order valence-corrected chi connectivity index (χ3v) is 5.80. The molecule has 1 aromatic rings. The number of carbonyl (C=O) groups is 1. The van der Waals surface area contributed by atoms with Crippen LogP contribution in [-0.4, -0.2) is 45.4 Å². The van der Waals surface area contributed by atoms with Crippen LogP contribution in [0.25, 0.3) is 0 Å². The molecular weight excluding hydrogens is 362 g/mol. The molecular formula is C17H28ClN3O3S. The van der Waals surface area contributed by atoms with Crippen LogP contribution in [0, 0.1) is 19.8 Å². The van der Waals surface area contributed by atoms with Crippen LogP contribution in [0.2, 0.25) is 0 Å². The summed E-state index contributed by atoms with van der Waals surface area (Å²) in [5.41, 5.74) is 1.75. The Hall–Kier alpha value is -1.15. The summed E-state index contributed by atoms with van der Waals surface area (Å²) in [6.07, 6.45) is 1.93. The van der Waals surface area contributed by atoms with Crippen molar-refractivity contribution in [1.82, 2.24) is 10.2 Å². The number of piperidine rings is 1. The lowest BCUT2D eigenvalue weighted by atomic mass is 9.96. The highest BCUT2D eigenvalue weighted by Gasteiger charge is 2.25. The second kappa shape index (κ2) is 8.98. The Balaban J connectivity index is 0.00000312. The van der Waals surface area contributed by atoms with E-state index in [9.17, 15) is 13.2 Å². The van der Waals surface area contributed by atoms with E-state index >= 15 is 0 Å². The minimum absolute atomic E-state index is 0. The topological polar surface area (TPSA) is 92.5 Å². The number of likely N-dealkylation sites (tertiary alicyclic amines) is 1. The summed E-state index contributed by atoms with van der Waals surface area (Å²) in [5, 5.41) is 8.63. The van der Waals surface area contributed by atoms with E-state index in [1.807, 2.05) is 0 Å². The molecule has 1 amide bonds. The second-order valence-electron chi connectivity index (χ2n) is 6.50. The van der Waals surface area contributed by atoms with Crippen LogP contribution in [0.4, 0.5) is 0 Å². The molecule has 6 nitrogen and oxygen atoms in total. The Morgan fingerprint density at radius 2 is 1.88 bits per heavy atom. The van der Waals surface area contributed by atoms with Gasteiger partial charge < -0.3 is 10.2 Å². The SMILES string of the molecule is CCNCC1CCN(C(=O)c2cc(C)c(C)c(S(N)(=O)=O)c2)CC1.Cl. The summed E-state index contributed by atoms with van der Waals surface area (Å²) in [4.78, 5) is 14.6. The van der Waals surface area contributed by atoms with Crippen molar-refractivity contribution in [3.05, 3.63) is 28.8 Å². The molecule has 0 radical (unpaired) electrons. The molecule has 0 bridgehead atoms. The monoisotopic (exact) mass is 389 g/mol. The van der Waals surface area contributed by atoms with Crippen LogP contribution in [0.5, 0.6) is 0 Å². The number of nitrogens with two attached hydrogens (primary N) is 1. The van der Waals surface area contributed by atoms with Gasteiger partial charge in [-0.15, -0.1) is 12.4 Å². The van der Waals surface area contributed by atoms with E-state index < -0.39 is 10.0 Å². The smallest absolute Gasteiger partial charge is 0.253 e. The summed E-state index contributed by atoms with van der Waals surface area (Å²) < 4.78 is 23.5. The molecule has 8 heteroatoms. The number of hydrogen-bond donors (Lipinski definition) is 2. The highest BCUT2D eigenvalue weighted by molar-refractivity contribution is 7.89. The zero-order valence-electron chi connectivity index (χ0n) is 15.0. The molecule has 1 aliphatic heterocycles. The van der Waals surface area contributed by atoms with Crippen molar-refractivity contribution in [1.29, 1.82) is 0 Å². The zero-order chi connectivity index (χ0) is 17.9. The molecule has 142 valence electrons. The molecule has 1 heterocycles. The van der Waals surface area contributed by atoms with Gasteiger partial charge in [0.1, 0.15) is 0 Å². The highest BCUT2D eigenvalue weighted by atomic mass is 35.5. The summed E-state index contributed by atoms with van der Waals surface area (Å²) in [6.45, 7) is 8.93. The van der Waals surface area contributed by atoms with Gasteiger partial charge in [-0.2, -0.15) is 0 Å². The van der Waals surface area contributed by atoms with Gasteiger partial charge in [-0.1, -0.05) is 6.92 Å². The standard InChI is InChI=1S/C17H27N3O3S.ClH/c1-4-19-11-14-5-7-20(8-6-14)17(21)15-9-12(2)13(3)16(10-15)24(18,22)23;/h9-10,14,19H,4-8,11H2,1-3H3,(H2,18,22,23);1H. The Labute approximate surface area is 156 Å². The van der Waals surface area contributed by atoms with E-state index in [1.54, 1.807) is 24.8 Å². The third-order valence-electron chi connectivity index (χ3n) is 4.76. The lowest BCUT2D eigenvalue weighted by Crippen LogP contribution is -2.40. The maximum atomic E-state index is 12.7. The van der Waals surface area contributed by atoms with E-state index in [-0.39, 0.29) is 23.2 Å². The predicted octanol–water partition coefficient (Wildman–Crippen LogP) is 1.83. The number of hydrogen-bond acceptors (Lipinski definition) is 4. The Bertz CT molecular complexity index is 714. The number of nitrogens with zero attached hydrogens (tertiary/aromatic N) is 1. The van der Waals surface area contributed by atoms with Gasteiger partial charge in [0, 0.05) is 18.7 Å². The van der Waals surface area contributed by atoms with Crippen molar-refractivity contribution >= 4 is 28.3 Å². The number of aryl methyl sites for hydroxylation is 1. The molecule has 0 unspecified atom stereocenters. The normalized spacial score (nSPS) is 15.8. The van der Waals surface area contributed by atoms with Crippen LogP contribution >= 0.6 is 12.4 Å². The fourth-order valence-corrected chi connectivity index (χ4v) is 4.00. The highest BCUT2D eigenvalue weighted by Crippen LogP contribution is 2.23. The molecule has 0 aliphatic carbocycles. The van der Waals surface area contributed by atoms with Gasteiger partial charge in [0.15, 0.2) is 0 Å². The first-order valence-corrected chi connectivity index (χ1v) is 9.92. The maximum absolute atomic E-state index is 12.7. The van der Waals surface area contributed by atoms with Crippen LogP contribution in [0.15, 0.2) is 17.0 Å². The van der Waals surface area contributed by atoms with Gasteiger partial charge in [0.05, 0.1) is 4.90 Å². The molecule has 0 atom stereocenters. The number of halogens is 1. The predicted molar refractivity (Wildman–Crippen MR) is 102 cm³/mol. The summed E-state index contributed by atoms with van der Waals surface area (Å²) in [6, 6.07) is 3.15. The molecule has 25 heavy (non-hydrogen) atoms. The van der Waals surface area contributed by atoms with Crippen LogP contribution in [0.1, 0.15) is 41.3 Å². The Morgan fingerprint density at radius 1 is 1.28 bits per heavy atom. The number of primary sulfonamides is 1. The van der Waals surface area contributed by atoms with E-state index in [4.69, 9.17) is 5.14 Å². The fraction of sp³-hybridized carbons (Fsp3) is 0.588. The summed E-state index contributed by atoms with van der Waals surface area (Å²) in [5.74, 6) is 0.471.